The van der Waals surface area contributed by atoms with Gasteiger partial charge in [-0.2, -0.15) is 0 Å². The molecule has 0 bridgehead atoms. The van der Waals surface area contributed by atoms with Crippen molar-refractivity contribution >= 4 is 5.96 Å². The van der Waals surface area contributed by atoms with Crippen molar-refractivity contribution in [1.82, 2.24) is 10.6 Å². The van der Waals surface area contributed by atoms with Gasteiger partial charge < -0.3 is 20.1 Å². The van der Waals surface area contributed by atoms with Gasteiger partial charge in [-0.1, -0.05) is 13.0 Å². The first-order valence-electron chi connectivity index (χ1n) is 7.40. The Morgan fingerprint density at radius 3 is 2.48 bits per heavy atom. The summed E-state index contributed by atoms with van der Waals surface area (Å²) in [6, 6.07) is 6.25. The van der Waals surface area contributed by atoms with Crippen molar-refractivity contribution in [2.24, 2.45) is 4.99 Å². The third-order valence-corrected chi connectivity index (χ3v) is 3.21. The molecule has 118 valence electrons. The van der Waals surface area contributed by atoms with Crippen LogP contribution in [0.2, 0.25) is 0 Å². The lowest BCUT2D eigenvalue weighted by molar-refractivity contribution is 0.354. The van der Waals surface area contributed by atoms with Crippen LogP contribution in [0.3, 0.4) is 0 Å². The predicted molar refractivity (Wildman–Crippen MR) is 87.3 cm³/mol. The molecule has 0 aliphatic carbocycles. The predicted octanol–water partition coefficient (Wildman–Crippen LogP) is 2.56. The molecule has 0 aliphatic rings. The highest BCUT2D eigenvalue weighted by Gasteiger charge is 2.05. The summed E-state index contributed by atoms with van der Waals surface area (Å²) in [5, 5.41) is 6.62. The van der Waals surface area contributed by atoms with Gasteiger partial charge in [0.05, 0.1) is 20.8 Å². The Morgan fingerprint density at radius 2 is 1.90 bits per heavy atom. The van der Waals surface area contributed by atoms with E-state index < -0.39 is 0 Å². The van der Waals surface area contributed by atoms with Crippen LogP contribution >= 0.6 is 0 Å². The third-order valence-electron chi connectivity index (χ3n) is 3.21. The van der Waals surface area contributed by atoms with E-state index in [1.54, 1.807) is 14.2 Å². The molecule has 5 heteroatoms. The van der Waals surface area contributed by atoms with Gasteiger partial charge in [0.15, 0.2) is 17.5 Å². The normalized spacial score (nSPS) is 12.7. The van der Waals surface area contributed by atoms with Crippen molar-refractivity contribution in [3.63, 3.8) is 0 Å². The van der Waals surface area contributed by atoms with E-state index in [9.17, 15) is 0 Å². The minimum atomic E-state index is 0.396. The molecule has 0 aliphatic heterocycles. The van der Waals surface area contributed by atoms with Crippen molar-refractivity contribution in [3.05, 3.63) is 23.8 Å². The molecular formula is C16H27N3O2. The molecule has 1 aromatic carbocycles. The molecule has 0 radical (unpaired) electrons. The lowest BCUT2D eigenvalue weighted by atomic mass is 10.2. The van der Waals surface area contributed by atoms with E-state index in [0.29, 0.717) is 12.6 Å². The van der Waals surface area contributed by atoms with E-state index >= 15 is 0 Å². The highest BCUT2D eigenvalue weighted by molar-refractivity contribution is 5.80. The molecular weight excluding hydrogens is 266 g/mol. The summed E-state index contributed by atoms with van der Waals surface area (Å²) in [7, 11) is 3.27. The molecule has 0 saturated carbocycles. The third kappa shape index (κ3) is 5.53. The summed E-state index contributed by atoms with van der Waals surface area (Å²) >= 11 is 0. The Balaban J connectivity index is 2.79. The van der Waals surface area contributed by atoms with Gasteiger partial charge in [-0.15, -0.1) is 0 Å². The summed E-state index contributed by atoms with van der Waals surface area (Å²) in [5.74, 6) is 2.29. The van der Waals surface area contributed by atoms with Gasteiger partial charge >= 0.3 is 0 Å². The first-order chi connectivity index (χ1) is 10.1. The maximum Gasteiger partial charge on any atom is 0.191 e. The molecule has 1 atom stereocenters. The molecule has 0 saturated heterocycles. The molecule has 0 amide bonds. The second-order valence-corrected chi connectivity index (χ2v) is 4.84. The van der Waals surface area contributed by atoms with E-state index in [0.717, 1.165) is 36.0 Å². The summed E-state index contributed by atoms with van der Waals surface area (Å²) < 4.78 is 10.5. The maximum absolute atomic E-state index is 5.31. The fourth-order valence-electron chi connectivity index (χ4n) is 1.80. The van der Waals surface area contributed by atoms with Crippen LogP contribution in [0.4, 0.5) is 0 Å². The lowest BCUT2D eigenvalue weighted by Gasteiger charge is -2.16. The summed E-state index contributed by atoms with van der Waals surface area (Å²) in [4.78, 5) is 4.60. The maximum atomic E-state index is 5.31. The van der Waals surface area contributed by atoms with Gasteiger partial charge in [0, 0.05) is 12.6 Å². The number of benzene rings is 1. The number of ether oxygens (including phenoxy) is 2. The molecule has 2 N–H and O–H groups in total. The Hall–Kier alpha value is -1.91. The molecule has 0 aromatic heterocycles. The molecule has 0 heterocycles. The number of nitrogens with zero attached hydrogens (tertiary/aromatic N) is 1. The topological polar surface area (TPSA) is 54.9 Å². The van der Waals surface area contributed by atoms with Crippen LogP contribution in [0, 0.1) is 0 Å². The molecule has 21 heavy (non-hydrogen) atoms. The van der Waals surface area contributed by atoms with Crippen LogP contribution in [-0.4, -0.2) is 32.8 Å². The fraction of sp³-hybridized carbons (Fsp3) is 0.562. The van der Waals surface area contributed by atoms with Crippen LogP contribution in [0.5, 0.6) is 11.5 Å². The zero-order chi connectivity index (χ0) is 15.7. The monoisotopic (exact) mass is 293 g/mol. The van der Waals surface area contributed by atoms with Crippen LogP contribution in [-0.2, 0) is 6.54 Å². The minimum absolute atomic E-state index is 0.396. The number of aliphatic imine (C=N–C) groups is 1. The van der Waals surface area contributed by atoms with Crippen molar-refractivity contribution in [3.8, 4) is 11.5 Å². The van der Waals surface area contributed by atoms with Crippen LogP contribution < -0.4 is 20.1 Å². The van der Waals surface area contributed by atoms with Gasteiger partial charge in [0.25, 0.3) is 0 Å². The zero-order valence-electron chi connectivity index (χ0n) is 13.7. The molecule has 1 unspecified atom stereocenters. The van der Waals surface area contributed by atoms with E-state index in [1.807, 2.05) is 18.2 Å². The summed E-state index contributed by atoms with van der Waals surface area (Å²) in [6.07, 6.45) is 1.06. The number of methoxy groups -OCH3 is 2. The summed E-state index contributed by atoms with van der Waals surface area (Å²) in [6.45, 7) is 7.78. The zero-order valence-corrected chi connectivity index (χ0v) is 13.7. The Morgan fingerprint density at radius 1 is 1.19 bits per heavy atom. The molecule has 0 fully saturated rings. The number of hydrogen-bond acceptors (Lipinski definition) is 3. The first-order valence-corrected chi connectivity index (χ1v) is 7.40. The van der Waals surface area contributed by atoms with Gasteiger partial charge in [-0.25, -0.2) is 4.99 Å². The van der Waals surface area contributed by atoms with E-state index in [1.165, 1.54) is 0 Å². The largest absolute Gasteiger partial charge is 0.493 e. The van der Waals surface area contributed by atoms with Crippen molar-refractivity contribution in [2.45, 2.75) is 39.8 Å². The average molecular weight is 293 g/mol. The molecule has 5 nitrogen and oxygen atoms in total. The first kappa shape index (κ1) is 17.1. The number of guanidine groups is 1. The second kappa shape index (κ2) is 9.10. The van der Waals surface area contributed by atoms with Crippen molar-refractivity contribution in [2.75, 3.05) is 20.8 Å². The van der Waals surface area contributed by atoms with Crippen LogP contribution in [0.15, 0.2) is 23.2 Å². The molecule has 0 spiro atoms. The highest BCUT2D eigenvalue weighted by Crippen LogP contribution is 2.27. The average Bonchev–Trinajstić information content (AvgIpc) is 2.52. The lowest BCUT2D eigenvalue weighted by Crippen LogP contribution is -2.41. The Labute approximate surface area is 127 Å². The quantitative estimate of drug-likeness (QED) is 0.599. The van der Waals surface area contributed by atoms with Gasteiger partial charge in [-0.05, 0) is 38.0 Å². The Bertz CT molecular complexity index is 461. The molecule has 1 rings (SSSR count). The van der Waals surface area contributed by atoms with E-state index in [2.05, 4.69) is 36.4 Å². The van der Waals surface area contributed by atoms with Crippen LogP contribution in [0.1, 0.15) is 32.8 Å². The molecule has 1 aromatic rings. The number of nitrogens with one attached hydrogen (secondary N) is 2. The van der Waals surface area contributed by atoms with Gasteiger partial charge in [-0.3, -0.25) is 0 Å². The van der Waals surface area contributed by atoms with Crippen molar-refractivity contribution < 1.29 is 9.47 Å². The minimum Gasteiger partial charge on any atom is -0.493 e. The number of hydrogen-bond donors (Lipinski definition) is 2. The standard InChI is InChI=1S/C16H27N3O2/c1-6-12(3)19-16(17-7-2)18-11-13-8-9-14(20-4)15(10-13)21-5/h8-10,12H,6-7,11H2,1-5H3,(H2,17,18,19). The SMILES string of the molecule is CCNC(=NCc1ccc(OC)c(OC)c1)NC(C)CC. The Kier molecular flexibility index (Phi) is 7.43. The van der Waals surface area contributed by atoms with E-state index in [-0.39, 0.29) is 0 Å². The van der Waals surface area contributed by atoms with Gasteiger partial charge in [0.1, 0.15) is 0 Å². The fourth-order valence-corrected chi connectivity index (χ4v) is 1.80. The smallest absolute Gasteiger partial charge is 0.191 e. The number of rotatable bonds is 7. The van der Waals surface area contributed by atoms with Crippen LogP contribution in [0.25, 0.3) is 0 Å². The van der Waals surface area contributed by atoms with E-state index in [4.69, 9.17) is 9.47 Å². The summed E-state index contributed by atoms with van der Waals surface area (Å²) in [5.41, 5.74) is 1.08. The van der Waals surface area contributed by atoms with Gasteiger partial charge in [0.2, 0.25) is 0 Å². The second-order valence-electron chi connectivity index (χ2n) is 4.84. The highest BCUT2D eigenvalue weighted by atomic mass is 16.5. The van der Waals surface area contributed by atoms with Crippen molar-refractivity contribution in [1.29, 1.82) is 0 Å².